The fourth-order valence-corrected chi connectivity index (χ4v) is 0.511. The molecule has 0 aromatic rings. The van der Waals surface area contributed by atoms with Crippen LogP contribution in [-0.4, -0.2) is 39.4 Å². The lowest BCUT2D eigenvalue weighted by Crippen LogP contribution is -2.17. The zero-order chi connectivity index (χ0) is 10.3. The lowest BCUT2D eigenvalue weighted by atomic mass is 10.3. The van der Waals surface area contributed by atoms with Crippen molar-refractivity contribution < 1.29 is 23.8 Å². The molecule has 5 nitrogen and oxygen atoms in total. The lowest BCUT2D eigenvalue weighted by molar-refractivity contribution is -0.146. The molecule has 0 bridgehead atoms. The van der Waals surface area contributed by atoms with Gasteiger partial charge in [0.2, 0.25) is 0 Å². The predicted octanol–water partition coefficient (Wildman–Crippen LogP) is -0.0948. The molecule has 0 heterocycles. The van der Waals surface area contributed by atoms with E-state index in [-0.39, 0.29) is 18.8 Å². The van der Waals surface area contributed by atoms with Gasteiger partial charge in [0.1, 0.15) is 12.2 Å². The second-order valence-corrected chi connectivity index (χ2v) is 2.10. The van der Waals surface area contributed by atoms with Gasteiger partial charge >= 0.3 is 11.9 Å². The normalized spacial score (nSPS) is 9.08. The van der Waals surface area contributed by atoms with E-state index in [0.29, 0.717) is 0 Å². The van der Waals surface area contributed by atoms with Gasteiger partial charge in [0.15, 0.2) is 0 Å². The molecule has 0 fully saturated rings. The third-order valence-electron chi connectivity index (χ3n) is 1.20. The molecule has 0 radical (unpaired) electrons. The first kappa shape index (κ1) is 11.6. The molecule has 0 aliphatic heterocycles. The van der Waals surface area contributed by atoms with E-state index in [0.717, 1.165) is 7.11 Å². The molecule has 0 aliphatic rings. The molecule has 0 saturated carbocycles. The van der Waals surface area contributed by atoms with Crippen molar-refractivity contribution in [1.29, 1.82) is 0 Å². The number of carbonyl (C=O) groups excluding carboxylic acids is 2. The third-order valence-corrected chi connectivity index (χ3v) is 1.20. The number of carbonyl (C=O) groups is 2. The second-order valence-electron chi connectivity index (χ2n) is 2.10. The zero-order valence-corrected chi connectivity index (χ0v) is 7.66. The van der Waals surface area contributed by atoms with E-state index in [1.54, 1.807) is 0 Å². The van der Waals surface area contributed by atoms with Crippen LogP contribution < -0.4 is 0 Å². The molecule has 0 N–H and O–H groups in total. The first-order valence-corrected chi connectivity index (χ1v) is 3.56. The first-order chi connectivity index (χ1) is 6.13. The molecular formula is C8H12O5. The Labute approximate surface area is 76.3 Å². The summed E-state index contributed by atoms with van der Waals surface area (Å²) < 4.78 is 13.5. The predicted molar refractivity (Wildman–Crippen MR) is 44.0 cm³/mol. The van der Waals surface area contributed by atoms with Crippen LogP contribution in [0.2, 0.25) is 0 Å². The summed E-state index contributed by atoms with van der Waals surface area (Å²) in [5.41, 5.74) is -0.321. The maximum atomic E-state index is 10.9. The standard InChI is InChI=1S/C8H12O5/c1-6(7(9)12-3)8(10)13-5-4-11-2/h1,4-5H2,2-3H3. The quantitative estimate of drug-likeness (QED) is 0.198. The number of rotatable bonds is 5. The molecule has 0 atom stereocenters. The van der Waals surface area contributed by atoms with E-state index < -0.39 is 11.9 Å². The molecule has 0 rings (SSSR count). The smallest absolute Gasteiger partial charge is 0.345 e. The number of methoxy groups -OCH3 is 2. The molecule has 0 saturated heterocycles. The van der Waals surface area contributed by atoms with Gasteiger partial charge in [-0.25, -0.2) is 9.59 Å². The van der Waals surface area contributed by atoms with Crippen molar-refractivity contribution in [2.75, 3.05) is 27.4 Å². The average molecular weight is 188 g/mol. The van der Waals surface area contributed by atoms with Crippen molar-refractivity contribution in [3.63, 3.8) is 0 Å². The van der Waals surface area contributed by atoms with Gasteiger partial charge in [-0.1, -0.05) is 6.58 Å². The summed E-state index contributed by atoms with van der Waals surface area (Å²) >= 11 is 0. The highest BCUT2D eigenvalue weighted by Crippen LogP contribution is 1.96. The largest absolute Gasteiger partial charge is 0.465 e. The summed E-state index contributed by atoms with van der Waals surface area (Å²) in [6.45, 7) is 3.58. The Kier molecular flexibility index (Phi) is 5.54. The van der Waals surface area contributed by atoms with Crippen LogP contribution in [0.5, 0.6) is 0 Å². The van der Waals surface area contributed by atoms with Crippen molar-refractivity contribution in [3.8, 4) is 0 Å². The summed E-state index contributed by atoms with van der Waals surface area (Å²) in [5.74, 6) is -1.58. The zero-order valence-electron chi connectivity index (χ0n) is 7.66. The Morgan fingerprint density at radius 3 is 2.23 bits per heavy atom. The summed E-state index contributed by atoms with van der Waals surface area (Å²) in [6.07, 6.45) is 0. The third kappa shape index (κ3) is 4.27. The van der Waals surface area contributed by atoms with Crippen LogP contribution in [0.4, 0.5) is 0 Å². The average Bonchev–Trinajstić information content (AvgIpc) is 2.15. The summed E-state index contributed by atoms with van der Waals surface area (Å²) in [4.78, 5) is 21.7. The van der Waals surface area contributed by atoms with Crippen molar-refractivity contribution >= 4 is 11.9 Å². The Balaban J connectivity index is 3.83. The van der Waals surface area contributed by atoms with Gasteiger partial charge in [0.25, 0.3) is 0 Å². The molecule has 13 heavy (non-hydrogen) atoms. The topological polar surface area (TPSA) is 61.8 Å². The second kappa shape index (κ2) is 6.19. The van der Waals surface area contributed by atoms with Gasteiger partial charge in [-0.3, -0.25) is 0 Å². The first-order valence-electron chi connectivity index (χ1n) is 3.56. The van der Waals surface area contributed by atoms with Gasteiger partial charge in [0, 0.05) is 7.11 Å². The van der Waals surface area contributed by atoms with E-state index in [4.69, 9.17) is 0 Å². The van der Waals surface area contributed by atoms with Gasteiger partial charge in [0.05, 0.1) is 13.7 Å². The minimum atomic E-state index is -0.789. The molecule has 5 heteroatoms. The molecule has 0 aromatic carbocycles. The fraction of sp³-hybridized carbons (Fsp3) is 0.500. The Bertz CT molecular complexity index is 209. The highest BCUT2D eigenvalue weighted by molar-refractivity contribution is 6.13. The highest BCUT2D eigenvalue weighted by atomic mass is 16.6. The van der Waals surface area contributed by atoms with E-state index in [1.165, 1.54) is 7.11 Å². The number of ether oxygens (including phenoxy) is 3. The number of hydrogen-bond acceptors (Lipinski definition) is 5. The van der Waals surface area contributed by atoms with Crippen molar-refractivity contribution in [1.82, 2.24) is 0 Å². The van der Waals surface area contributed by atoms with Crippen LogP contribution in [0.25, 0.3) is 0 Å². The van der Waals surface area contributed by atoms with Crippen LogP contribution in [0.15, 0.2) is 12.2 Å². The molecule has 0 aliphatic carbocycles. The van der Waals surface area contributed by atoms with Gasteiger partial charge < -0.3 is 14.2 Å². The SMILES string of the molecule is C=C(C(=O)OC)C(=O)OCCOC. The maximum Gasteiger partial charge on any atom is 0.345 e. The number of hydrogen-bond donors (Lipinski definition) is 0. The van der Waals surface area contributed by atoms with Crippen LogP contribution in [0.1, 0.15) is 0 Å². The summed E-state index contributed by atoms with van der Waals surface area (Å²) in [7, 11) is 2.64. The van der Waals surface area contributed by atoms with Gasteiger partial charge in [-0.05, 0) is 0 Å². The molecular weight excluding hydrogens is 176 g/mol. The van der Waals surface area contributed by atoms with Gasteiger partial charge in [-0.2, -0.15) is 0 Å². The lowest BCUT2D eigenvalue weighted by Gasteiger charge is -2.04. The minimum Gasteiger partial charge on any atom is -0.465 e. The van der Waals surface area contributed by atoms with Crippen molar-refractivity contribution in [2.24, 2.45) is 0 Å². The minimum absolute atomic E-state index is 0.0886. The maximum absolute atomic E-state index is 10.9. The fourth-order valence-electron chi connectivity index (χ4n) is 0.511. The van der Waals surface area contributed by atoms with E-state index in [1.807, 2.05) is 0 Å². The molecule has 0 aromatic heterocycles. The van der Waals surface area contributed by atoms with Crippen LogP contribution in [0, 0.1) is 0 Å². The van der Waals surface area contributed by atoms with E-state index in [2.05, 4.69) is 20.8 Å². The van der Waals surface area contributed by atoms with Crippen molar-refractivity contribution in [3.05, 3.63) is 12.2 Å². The summed E-state index contributed by atoms with van der Waals surface area (Å²) in [5, 5.41) is 0. The summed E-state index contributed by atoms with van der Waals surface area (Å²) in [6, 6.07) is 0. The van der Waals surface area contributed by atoms with E-state index in [9.17, 15) is 9.59 Å². The Morgan fingerprint density at radius 1 is 1.15 bits per heavy atom. The van der Waals surface area contributed by atoms with Crippen LogP contribution >= 0.6 is 0 Å². The molecule has 0 amide bonds. The van der Waals surface area contributed by atoms with Gasteiger partial charge in [-0.15, -0.1) is 0 Å². The van der Waals surface area contributed by atoms with Crippen LogP contribution in [0.3, 0.4) is 0 Å². The number of esters is 2. The van der Waals surface area contributed by atoms with Crippen LogP contribution in [-0.2, 0) is 23.8 Å². The molecule has 0 unspecified atom stereocenters. The van der Waals surface area contributed by atoms with E-state index >= 15 is 0 Å². The highest BCUT2D eigenvalue weighted by Gasteiger charge is 2.16. The monoisotopic (exact) mass is 188 g/mol. The Hall–Kier alpha value is -1.36. The van der Waals surface area contributed by atoms with Crippen molar-refractivity contribution in [2.45, 2.75) is 0 Å². The Morgan fingerprint density at radius 2 is 1.77 bits per heavy atom. The molecule has 74 valence electrons. The molecule has 0 spiro atoms.